The molecule has 0 atom stereocenters. The Labute approximate surface area is 113 Å². The minimum absolute atomic E-state index is 0.139. The summed E-state index contributed by atoms with van der Waals surface area (Å²) in [5.74, 6) is 0.0118. The van der Waals surface area contributed by atoms with Crippen molar-refractivity contribution in [3.8, 4) is 5.75 Å². The van der Waals surface area contributed by atoms with Gasteiger partial charge in [0.25, 0.3) is 0 Å². The number of ether oxygens (including phenoxy) is 1. The standard InChI is InChI=1S/C12H14BrNO4/c1-2-3-6-18-12-5-4-9(11(15)8-13)7-10(12)14(16)17/h4-5,7H,2-3,6,8H2,1H3. The summed E-state index contributed by atoms with van der Waals surface area (Å²) in [6.07, 6.45) is 1.78. The van der Waals surface area contributed by atoms with Crippen LogP contribution in [-0.2, 0) is 0 Å². The smallest absolute Gasteiger partial charge is 0.311 e. The van der Waals surface area contributed by atoms with E-state index in [1.807, 2.05) is 6.92 Å². The number of ketones is 1. The second-order valence-electron chi connectivity index (χ2n) is 3.70. The van der Waals surface area contributed by atoms with E-state index in [2.05, 4.69) is 15.9 Å². The van der Waals surface area contributed by atoms with Crippen LogP contribution in [0.1, 0.15) is 30.1 Å². The summed E-state index contributed by atoms with van der Waals surface area (Å²) in [5.41, 5.74) is 0.138. The van der Waals surface area contributed by atoms with Gasteiger partial charge in [-0.25, -0.2) is 0 Å². The van der Waals surface area contributed by atoms with Gasteiger partial charge in [0.05, 0.1) is 16.9 Å². The Balaban J connectivity index is 2.97. The van der Waals surface area contributed by atoms with Gasteiger partial charge in [0, 0.05) is 11.6 Å². The van der Waals surface area contributed by atoms with Gasteiger partial charge in [0.1, 0.15) is 0 Å². The Hall–Kier alpha value is -1.43. The monoisotopic (exact) mass is 315 g/mol. The molecule has 0 aliphatic carbocycles. The number of nitrogens with zero attached hydrogens (tertiary/aromatic N) is 1. The number of unbranched alkanes of at least 4 members (excludes halogenated alkanes) is 1. The third-order valence-corrected chi connectivity index (χ3v) is 2.86. The highest BCUT2D eigenvalue weighted by atomic mass is 79.9. The van der Waals surface area contributed by atoms with E-state index in [0.717, 1.165) is 12.8 Å². The molecular formula is C12H14BrNO4. The zero-order valence-electron chi connectivity index (χ0n) is 10.0. The van der Waals surface area contributed by atoms with Gasteiger partial charge in [-0.15, -0.1) is 0 Å². The number of alkyl halides is 1. The van der Waals surface area contributed by atoms with E-state index < -0.39 is 4.92 Å². The van der Waals surface area contributed by atoms with E-state index in [1.165, 1.54) is 18.2 Å². The Morgan fingerprint density at radius 3 is 2.78 bits per heavy atom. The lowest BCUT2D eigenvalue weighted by Gasteiger charge is -2.07. The second-order valence-corrected chi connectivity index (χ2v) is 4.26. The number of carbonyl (C=O) groups excluding carboxylic acids is 1. The van der Waals surface area contributed by atoms with Crippen LogP contribution in [-0.4, -0.2) is 22.6 Å². The Bertz CT molecular complexity index is 448. The fraction of sp³-hybridized carbons (Fsp3) is 0.417. The van der Waals surface area contributed by atoms with Crippen molar-refractivity contribution in [1.82, 2.24) is 0 Å². The minimum Gasteiger partial charge on any atom is -0.487 e. The van der Waals surface area contributed by atoms with Crippen molar-refractivity contribution < 1.29 is 14.5 Å². The maximum atomic E-state index is 11.4. The summed E-state index contributed by atoms with van der Waals surface area (Å²) in [5, 5.41) is 11.1. The highest BCUT2D eigenvalue weighted by Gasteiger charge is 2.18. The van der Waals surface area contributed by atoms with Gasteiger partial charge >= 0.3 is 5.69 Å². The van der Waals surface area contributed by atoms with Crippen molar-refractivity contribution in [3.05, 3.63) is 33.9 Å². The molecule has 0 unspecified atom stereocenters. The fourth-order valence-corrected chi connectivity index (χ4v) is 1.68. The molecule has 0 saturated heterocycles. The largest absolute Gasteiger partial charge is 0.487 e. The third kappa shape index (κ3) is 3.80. The summed E-state index contributed by atoms with van der Waals surface area (Å²) >= 11 is 3.03. The number of carbonyl (C=O) groups is 1. The van der Waals surface area contributed by atoms with E-state index >= 15 is 0 Å². The zero-order valence-corrected chi connectivity index (χ0v) is 11.6. The molecule has 0 aromatic heterocycles. The van der Waals surface area contributed by atoms with Crippen molar-refractivity contribution in [1.29, 1.82) is 0 Å². The molecule has 0 fully saturated rings. The van der Waals surface area contributed by atoms with Crippen LogP contribution in [0.15, 0.2) is 18.2 Å². The van der Waals surface area contributed by atoms with Gasteiger partial charge in [-0.1, -0.05) is 29.3 Å². The maximum absolute atomic E-state index is 11.4. The third-order valence-electron chi connectivity index (χ3n) is 2.35. The van der Waals surface area contributed by atoms with Crippen LogP contribution in [0.4, 0.5) is 5.69 Å². The second kappa shape index (κ2) is 7.10. The summed E-state index contributed by atoms with van der Waals surface area (Å²) < 4.78 is 5.34. The van der Waals surface area contributed by atoms with E-state index in [4.69, 9.17) is 4.74 Å². The lowest BCUT2D eigenvalue weighted by Crippen LogP contribution is -2.04. The molecule has 18 heavy (non-hydrogen) atoms. The molecule has 98 valence electrons. The number of nitro benzene ring substituents is 1. The van der Waals surface area contributed by atoms with Crippen molar-refractivity contribution in [2.24, 2.45) is 0 Å². The van der Waals surface area contributed by atoms with Crippen molar-refractivity contribution in [2.45, 2.75) is 19.8 Å². The number of hydrogen-bond acceptors (Lipinski definition) is 4. The molecule has 0 N–H and O–H groups in total. The highest BCUT2D eigenvalue weighted by Crippen LogP contribution is 2.28. The van der Waals surface area contributed by atoms with Crippen LogP contribution in [0, 0.1) is 10.1 Å². The molecule has 0 spiro atoms. The quantitative estimate of drug-likeness (QED) is 0.254. The highest BCUT2D eigenvalue weighted by molar-refractivity contribution is 9.09. The van der Waals surface area contributed by atoms with Crippen LogP contribution < -0.4 is 4.74 Å². The maximum Gasteiger partial charge on any atom is 0.311 e. The van der Waals surface area contributed by atoms with E-state index in [-0.39, 0.29) is 22.6 Å². The SMILES string of the molecule is CCCCOc1ccc(C(=O)CBr)cc1[N+](=O)[O-]. The van der Waals surface area contributed by atoms with Crippen molar-refractivity contribution >= 4 is 27.4 Å². The molecule has 0 radical (unpaired) electrons. The van der Waals surface area contributed by atoms with Gasteiger partial charge < -0.3 is 4.74 Å². The minimum atomic E-state index is -0.535. The first-order valence-electron chi connectivity index (χ1n) is 5.60. The Kier molecular flexibility index (Phi) is 5.77. The van der Waals surface area contributed by atoms with Crippen molar-refractivity contribution in [3.63, 3.8) is 0 Å². The van der Waals surface area contributed by atoms with Gasteiger partial charge in [-0.3, -0.25) is 14.9 Å². The first kappa shape index (κ1) is 14.6. The van der Waals surface area contributed by atoms with Crippen LogP contribution in [0.25, 0.3) is 0 Å². The van der Waals surface area contributed by atoms with E-state index in [9.17, 15) is 14.9 Å². The molecule has 1 aromatic rings. The first-order valence-corrected chi connectivity index (χ1v) is 6.72. The average Bonchev–Trinajstić information content (AvgIpc) is 2.38. The van der Waals surface area contributed by atoms with Crippen molar-refractivity contribution in [2.75, 3.05) is 11.9 Å². The van der Waals surface area contributed by atoms with Gasteiger partial charge in [0.2, 0.25) is 0 Å². The normalized spacial score (nSPS) is 10.1. The molecule has 0 heterocycles. The van der Waals surface area contributed by atoms with Crippen LogP contribution >= 0.6 is 15.9 Å². The summed E-state index contributed by atoms with van der Waals surface area (Å²) in [4.78, 5) is 21.8. The Morgan fingerprint density at radius 1 is 1.50 bits per heavy atom. The summed E-state index contributed by atoms with van der Waals surface area (Å²) in [6, 6.07) is 4.27. The molecule has 5 nitrogen and oxygen atoms in total. The lowest BCUT2D eigenvalue weighted by molar-refractivity contribution is -0.385. The molecule has 0 aliphatic rings. The van der Waals surface area contributed by atoms with E-state index in [1.54, 1.807) is 0 Å². The molecule has 0 bridgehead atoms. The Morgan fingerprint density at radius 2 is 2.22 bits per heavy atom. The topological polar surface area (TPSA) is 69.4 Å². The molecule has 1 aromatic carbocycles. The van der Waals surface area contributed by atoms with Gasteiger partial charge in [-0.05, 0) is 18.6 Å². The number of Topliss-reactive ketones (excluding diaryl/α,β-unsaturated/α-hetero) is 1. The molecule has 0 amide bonds. The number of benzene rings is 1. The van der Waals surface area contributed by atoms with Crippen LogP contribution in [0.2, 0.25) is 0 Å². The molecule has 1 rings (SSSR count). The summed E-state index contributed by atoms with van der Waals surface area (Å²) in [7, 11) is 0. The number of rotatable bonds is 7. The van der Waals surface area contributed by atoms with Gasteiger partial charge in [0.15, 0.2) is 11.5 Å². The fourth-order valence-electron chi connectivity index (χ4n) is 1.36. The van der Waals surface area contributed by atoms with Crippen LogP contribution in [0.3, 0.4) is 0 Å². The zero-order chi connectivity index (χ0) is 13.5. The molecule has 0 aliphatic heterocycles. The summed E-state index contributed by atoms with van der Waals surface area (Å²) in [6.45, 7) is 2.44. The molecule has 6 heteroatoms. The van der Waals surface area contributed by atoms with Gasteiger partial charge in [-0.2, -0.15) is 0 Å². The number of nitro groups is 1. The lowest BCUT2D eigenvalue weighted by atomic mass is 10.1. The average molecular weight is 316 g/mol. The predicted molar refractivity (Wildman–Crippen MR) is 71.6 cm³/mol. The van der Waals surface area contributed by atoms with Crippen LogP contribution in [0.5, 0.6) is 5.75 Å². The predicted octanol–water partition coefficient (Wildman–Crippen LogP) is 3.35. The van der Waals surface area contributed by atoms with E-state index in [0.29, 0.717) is 12.2 Å². The number of hydrogen-bond donors (Lipinski definition) is 0. The molecule has 0 saturated carbocycles. The first-order chi connectivity index (χ1) is 8.60. The molecular weight excluding hydrogens is 302 g/mol. The number of halogens is 1.